The molecule has 1 atom stereocenters. The Hall–Kier alpha value is -0.120. The van der Waals surface area contributed by atoms with Crippen LogP contribution in [0.2, 0.25) is 0 Å². The molecule has 3 heteroatoms. The first-order valence-electron chi connectivity index (χ1n) is 6.19. The zero-order chi connectivity index (χ0) is 11.9. The maximum absolute atomic E-state index is 9.32. The summed E-state index contributed by atoms with van der Waals surface area (Å²) in [5.74, 6) is 0. The Morgan fingerprint density at radius 3 is 2.07 bits per heavy atom. The Morgan fingerprint density at radius 2 is 1.80 bits per heavy atom. The molecule has 0 aromatic carbocycles. The molecule has 0 spiro atoms. The minimum absolute atomic E-state index is 0.129. The van der Waals surface area contributed by atoms with Gasteiger partial charge in [-0.05, 0) is 32.7 Å². The van der Waals surface area contributed by atoms with Gasteiger partial charge in [0.05, 0.1) is 6.10 Å². The lowest BCUT2D eigenvalue weighted by molar-refractivity contribution is 0.0702. The third-order valence-electron chi connectivity index (χ3n) is 3.57. The molecular formula is C12H28N2O. The molecule has 0 rings (SSSR count). The van der Waals surface area contributed by atoms with E-state index in [9.17, 15) is 5.11 Å². The van der Waals surface area contributed by atoms with Crippen molar-refractivity contribution in [2.45, 2.75) is 58.6 Å². The number of likely N-dealkylation sites (N-methyl/N-ethyl adjacent to an activating group) is 1. The minimum atomic E-state index is -0.219. The summed E-state index contributed by atoms with van der Waals surface area (Å²) in [7, 11) is 0. The summed E-state index contributed by atoms with van der Waals surface area (Å²) in [6.07, 6.45) is 2.76. The van der Waals surface area contributed by atoms with Crippen LogP contribution in [0.4, 0.5) is 0 Å². The average Bonchev–Trinajstić information content (AvgIpc) is 2.24. The highest BCUT2D eigenvalue weighted by Gasteiger charge is 2.30. The van der Waals surface area contributed by atoms with E-state index < -0.39 is 0 Å². The molecule has 0 aromatic heterocycles. The highest BCUT2D eigenvalue weighted by atomic mass is 16.3. The Bertz CT molecular complexity index is 147. The van der Waals surface area contributed by atoms with E-state index >= 15 is 0 Å². The maximum Gasteiger partial charge on any atom is 0.0524 e. The quantitative estimate of drug-likeness (QED) is 0.648. The Labute approximate surface area is 94.6 Å². The molecule has 0 bridgehead atoms. The van der Waals surface area contributed by atoms with Crippen molar-refractivity contribution in [1.82, 2.24) is 4.90 Å². The molecule has 0 saturated carbocycles. The lowest BCUT2D eigenvalue weighted by atomic mass is 9.90. The molecule has 0 aliphatic carbocycles. The molecule has 1 unspecified atom stereocenters. The summed E-state index contributed by atoms with van der Waals surface area (Å²) in [4.78, 5) is 2.42. The Balaban J connectivity index is 4.44. The van der Waals surface area contributed by atoms with Crippen LogP contribution in [-0.4, -0.2) is 41.3 Å². The first-order chi connectivity index (χ1) is 7.06. The number of hydrogen-bond donors (Lipinski definition) is 2. The topological polar surface area (TPSA) is 49.5 Å². The molecule has 92 valence electrons. The molecule has 15 heavy (non-hydrogen) atoms. The van der Waals surface area contributed by atoms with Gasteiger partial charge in [0.1, 0.15) is 0 Å². The van der Waals surface area contributed by atoms with Crippen LogP contribution in [0, 0.1) is 0 Å². The average molecular weight is 216 g/mol. The van der Waals surface area contributed by atoms with Crippen LogP contribution in [0.1, 0.15) is 47.0 Å². The van der Waals surface area contributed by atoms with E-state index in [0.29, 0.717) is 6.54 Å². The summed E-state index contributed by atoms with van der Waals surface area (Å²) >= 11 is 0. The Morgan fingerprint density at radius 1 is 1.27 bits per heavy atom. The number of hydrogen-bond acceptors (Lipinski definition) is 3. The fourth-order valence-corrected chi connectivity index (χ4v) is 2.19. The van der Waals surface area contributed by atoms with E-state index in [1.807, 2.05) is 6.92 Å². The highest BCUT2D eigenvalue weighted by Crippen LogP contribution is 2.23. The maximum atomic E-state index is 9.32. The zero-order valence-electron chi connectivity index (χ0n) is 10.8. The number of aliphatic hydroxyl groups is 1. The summed E-state index contributed by atoms with van der Waals surface area (Å²) in [6.45, 7) is 11.0. The van der Waals surface area contributed by atoms with Gasteiger partial charge in [-0.2, -0.15) is 0 Å². The summed E-state index contributed by atoms with van der Waals surface area (Å²) in [5.41, 5.74) is 6.04. The van der Waals surface area contributed by atoms with E-state index in [-0.39, 0.29) is 11.6 Å². The van der Waals surface area contributed by atoms with Crippen molar-refractivity contribution in [3.63, 3.8) is 0 Å². The minimum Gasteiger partial charge on any atom is -0.393 e. The van der Waals surface area contributed by atoms with Crippen LogP contribution in [0.25, 0.3) is 0 Å². The number of rotatable bonds is 8. The van der Waals surface area contributed by atoms with Crippen molar-refractivity contribution in [3.8, 4) is 0 Å². The van der Waals surface area contributed by atoms with Crippen LogP contribution < -0.4 is 5.73 Å². The van der Waals surface area contributed by atoms with Crippen molar-refractivity contribution in [2.75, 3.05) is 19.6 Å². The molecule has 0 aromatic rings. The fraction of sp³-hybridized carbons (Fsp3) is 1.00. The van der Waals surface area contributed by atoms with Gasteiger partial charge >= 0.3 is 0 Å². The highest BCUT2D eigenvalue weighted by molar-refractivity contribution is 4.89. The lowest BCUT2D eigenvalue weighted by Crippen LogP contribution is -2.53. The molecule has 3 nitrogen and oxygen atoms in total. The Kier molecular flexibility index (Phi) is 7.14. The second-order valence-electron chi connectivity index (χ2n) is 4.35. The molecule has 0 fully saturated rings. The smallest absolute Gasteiger partial charge is 0.0524 e. The molecule has 0 amide bonds. The molecule has 0 saturated heterocycles. The van der Waals surface area contributed by atoms with Gasteiger partial charge in [-0.1, -0.05) is 20.8 Å². The van der Waals surface area contributed by atoms with Crippen molar-refractivity contribution in [2.24, 2.45) is 5.73 Å². The second-order valence-corrected chi connectivity index (χ2v) is 4.35. The molecule has 3 N–H and O–H groups in total. The van der Waals surface area contributed by atoms with E-state index in [0.717, 1.165) is 32.4 Å². The first kappa shape index (κ1) is 14.9. The standard InChI is InChI=1S/C12H28N2O/c1-5-12(6-2,10-13)14(7-3)9-8-11(4)15/h11,15H,5-10,13H2,1-4H3. The summed E-state index contributed by atoms with van der Waals surface area (Å²) < 4.78 is 0. The summed E-state index contributed by atoms with van der Waals surface area (Å²) in [5, 5.41) is 9.32. The van der Waals surface area contributed by atoms with E-state index in [1.165, 1.54) is 0 Å². The third kappa shape index (κ3) is 4.09. The third-order valence-corrected chi connectivity index (χ3v) is 3.57. The van der Waals surface area contributed by atoms with E-state index in [1.54, 1.807) is 0 Å². The largest absolute Gasteiger partial charge is 0.393 e. The lowest BCUT2D eigenvalue weighted by Gasteiger charge is -2.42. The normalized spacial score (nSPS) is 14.6. The zero-order valence-corrected chi connectivity index (χ0v) is 10.8. The monoisotopic (exact) mass is 216 g/mol. The number of nitrogens with two attached hydrogens (primary N) is 1. The van der Waals surface area contributed by atoms with Gasteiger partial charge in [0.15, 0.2) is 0 Å². The molecular weight excluding hydrogens is 188 g/mol. The van der Waals surface area contributed by atoms with Crippen LogP contribution in [0.5, 0.6) is 0 Å². The van der Waals surface area contributed by atoms with Gasteiger partial charge in [-0.3, -0.25) is 4.90 Å². The van der Waals surface area contributed by atoms with Crippen LogP contribution in [-0.2, 0) is 0 Å². The van der Waals surface area contributed by atoms with Crippen LogP contribution >= 0.6 is 0 Å². The second kappa shape index (κ2) is 7.20. The molecule has 0 aliphatic heterocycles. The van der Waals surface area contributed by atoms with Crippen molar-refractivity contribution in [3.05, 3.63) is 0 Å². The molecule has 0 heterocycles. The van der Waals surface area contributed by atoms with E-state index in [2.05, 4.69) is 25.7 Å². The number of nitrogens with zero attached hydrogens (tertiary/aromatic N) is 1. The van der Waals surface area contributed by atoms with Crippen molar-refractivity contribution >= 4 is 0 Å². The van der Waals surface area contributed by atoms with Crippen molar-refractivity contribution in [1.29, 1.82) is 0 Å². The first-order valence-corrected chi connectivity index (χ1v) is 6.19. The number of aliphatic hydroxyl groups excluding tert-OH is 1. The predicted octanol–water partition coefficient (Wildman–Crippen LogP) is 1.60. The van der Waals surface area contributed by atoms with Crippen LogP contribution in [0.3, 0.4) is 0 Å². The van der Waals surface area contributed by atoms with Crippen molar-refractivity contribution < 1.29 is 5.11 Å². The SMILES string of the molecule is CCN(CCC(C)O)C(CC)(CC)CN. The van der Waals surface area contributed by atoms with E-state index in [4.69, 9.17) is 5.73 Å². The van der Waals surface area contributed by atoms with Gasteiger partial charge in [0.25, 0.3) is 0 Å². The summed E-state index contributed by atoms with van der Waals surface area (Å²) in [6, 6.07) is 0. The van der Waals surface area contributed by atoms with Gasteiger partial charge in [-0.15, -0.1) is 0 Å². The van der Waals surface area contributed by atoms with Gasteiger partial charge in [0, 0.05) is 18.6 Å². The van der Waals surface area contributed by atoms with Gasteiger partial charge in [0.2, 0.25) is 0 Å². The predicted molar refractivity (Wildman–Crippen MR) is 65.9 cm³/mol. The molecule has 0 aliphatic rings. The van der Waals surface area contributed by atoms with Gasteiger partial charge < -0.3 is 10.8 Å². The van der Waals surface area contributed by atoms with Gasteiger partial charge in [-0.25, -0.2) is 0 Å². The fourth-order valence-electron chi connectivity index (χ4n) is 2.19. The molecule has 0 radical (unpaired) electrons. The van der Waals surface area contributed by atoms with Crippen LogP contribution in [0.15, 0.2) is 0 Å².